The Hall–Kier alpha value is -2.40. The van der Waals surface area contributed by atoms with Crippen LogP contribution in [0.3, 0.4) is 0 Å². The second-order valence-corrected chi connectivity index (χ2v) is 10.3. The summed E-state index contributed by atoms with van der Waals surface area (Å²) in [5.41, 5.74) is 0. The van der Waals surface area contributed by atoms with Crippen molar-refractivity contribution in [2.75, 3.05) is 32.7 Å². The van der Waals surface area contributed by atoms with Crippen LogP contribution >= 0.6 is 0 Å². The number of rotatable bonds is 5. The van der Waals surface area contributed by atoms with Gasteiger partial charge in [-0.05, 0) is 25.0 Å². The lowest BCUT2D eigenvalue weighted by molar-refractivity contribution is -0.141. The Morgan fingerprint density at radius 2 is 1.47 bits per heavy atom. The van der Waals surface area contributed by atoms with Crippen LogP contribution in [-0.2, 0) is 24.4 Å². The number of carbonyl (C=O) groups excluding carboxylic acids is 3. The Morgan fingerprint density at radius 3 is 2.00 bits per heavy atom. The Morgan fingerprint density at radius 1 is 0.938 bits per heavy atom. The van der Waals surface area contributed by atoms with Crippen LogP contribution in [0.5, 0.6) is 0 Å². The van der Waals surface area contributed by atoms with Crippen molar-refractivity contribution in [3.63, 3.8) is 0 Å². The molecule has 2 atom stereocenters. The topological polar surface area (TPSA) is 95.1 Å². The van der Waals surface area contributed by atoms with Gasteiger partial charge in [0.15, 0.2) is 4.90 Å². The van der Waals surface area contributed by atoms with Gasteiger partial charge in [0.05, 0.1) is 11.8 Å². The predicted octanol–water partition coefficient (Wildman–Crippen LogP) is 1.36. The number of piperazine rings is 1. The number of amides is 3. The van der Waals surface area contributed by atoms with Gasteiger partial charge in [-0.2, -0.15) is 4.31 Å². The monoisotopic (exact) mass is 469 g/mol. The van der Waals surface area contributed by atoms with E-state index in [1.165, 1.54) is 9.80 Å². The first-order chi connectivity index (χ1) is 15.2. The second kappa shape index (κ2) is 8.86. The molecule has 174 valence electrons. The highest BCUT2D eigenvalue weighted by Crippen LogP contribution is 2.38. The first-order valence-corrected chi connectivity index (χ1v) is 12.2. The van der Waals surface area contributed by atoms with Crippen LogP contribution < -0.4 is 0 Å². The van der Waals surface area contributed by atoms with Crippen molar-refractivity contribution in [3.05, 3.63) is 29.8 Å². The number of benzene rings is 1. The van der Waals surface area contributed by atoms with Crippen molar-refractivity contribution in [1.29, 1.82) is 0 Å². The number of hydrogen-bond acceptors (Lipinski definition) is 5. The smallest absolute Gasteiger partial charge is 0.249 e. The highest BCUT2D eigenvalue weighted by molar-refractivity contribution is 7.89. The third-order valence-corrected chi connectivity index (χ3v) is 8.54. The van der Waals surface area contributed by atoms with Crippen LogP contribution in [0.15, 0.2) is 23.1 Å². The Balaban J connectivity index is 1.33. The third kappa shape index (κ3) is 4.03. The van der Waals surface area contributed by atoms with Crippen LogP contribution in [0.2, 0.25) is 0 Å². The molecule has 0 aromatic heterocycles. The van der Waals surface area contributed by atoms with E-state index >= 15 is 0 Å². The summed E-state index contributed by atoms with van der Waals surface area (Å²) in [4.78, 5) is 39.3. The minimum absolute atomic E-state index is 0.0163. The van der Waals surface area contributed by atoms with Crippen LogP contribution in [0.4, 0.5) is 8.78 Å². The molecule has 1 aliphatic carbocycles. The SMILES string of the molecule is O=C(CCN1C(=O)[C@@H]2CCCC[C@H]2C1=O)N1CCN(S(=O)(=O)c2c(F)cccc2F)CC1. The van der Waals surface area contributed by atoms with E-state index < -0.39 is 26.6 Å². The molecular formula is C21H25F2N3O5S. The molecule has 3 fully saturated rings. The number of halogens is 2. The zero-order valence-corrected chi connectivity index (χ0v) is 18.3. The van der Waals surface area contributed by atoms with E-state index in [4.69, 9.17) is 0 Å². The highest BCUT2D eigenvalue weighted by Gasteiger charge is 2.48. The molecule has 1 aromatic rings. The van der Waals surface area contributed by atoms with Gasteiger partial charge in [-0.3, -0.25) is 19.3 Å². The molecule has 8 nitrogen and oxygen atoms in total. The van der Waals surface area contributed by atoms with E-state index in [0.717, 1.165) is 35.3 Å². The van der Waals surface area contributed by atoms with Gasteiger partial charge >= 0.3 is 0 Å². The van der Waals surface area contributed by atoms with Crippen molar-refractivity contribution in [2.24, 2.45) is 11.8 Å². The minimum atomic E-state index is -4.38. The molecule has 2 heterocycles. The normalized spacial score (nSPS) is 24.7. The quantitative estimate of drug-likeness (QED) is 0.607. The first-order valence-electron chi connectivity index (χ1n) is 10.8. The molecule has 2 saturated heterocycles. The minimum Gasteiger partial charge on any atom is -0.340 e. The molecule has 3 aliphatic rings. The van der Waals surface area contributed by atoms with Gasteiger partial charge in [0.25, 0.3) is 0 Å². The van der Waals surface area contributed by atoms with Crippen molar-refractivity contribution >= 4 is 27.7 Å². The summed E-state index contributed by atoms with van der Waals surface area (Å²) in [7, 11) is -4.38. The van der Waals surface area contributed by atoms with Crippen LogP contribution in [0, 0.1) is 23.5 Å². The number of sulfonamides is 1. The van der Waals surface area contributed by atoms with Crippen molar-refractivity contribution < 1.29 is 31.6 Å². The number of imide groups is 1. The van der Waals surface area contributed by atoms with Gasteiger partial charge in [-0.25, -0.2) is 17.2 Å². The van der Waals surface area contributed by atoms with Gasteiger partial charge in [0.2, 0.25) is 27.7 Å². The summed E-state index contributed by atoms with van der Waals surface area (Å²) in [6.07, 6.45) is 3.23. The number of hydrogen-bond donors (Lipinski definition) is 0. The molecule has 1 saturated carbocycles. The number of likely N-dealkylation sites (tertiary alicyclic amines) is 1. The first kappa shape index (κ1) is 22.8. The molecule has 0 bridgehead atoms. The fourth-order valence-electron chi connectivity index (χ4n) is 4.85. The fraction of sp³-hybridized carbons (Fsp3) is 0.571. The lowest BCUT2D eigenvalue weighted by Crippen LogP contribution is -2.51. The molecule has 3 amide bonds. The molecule has 4 rings (SSSR count). The third-order valence-electron chi connectivity index (χ3n) is 6.59. The molecular weight excluding hydrogens is 444 g/mol. The average Bonchev–Trinajstić information content (AvgIpc) is 3.02. The van der Waals surface area contributed by atoms with E-state index in [-0.39, 0.29) is 68.7 Å². The van der Waals surface area contributed by atoms with Crippen molar-refractivity contribution in [3.8, 4) is 0 Å². The van der Waals surface area contributed by atoms with E-state index in [1.54, 1.807) is 0 Å². The Kier molecular flexibility index (Phi) is 6.30. The summed E-state index contributed by atoms with van der Waals surface area (Å²) in [5.74, 6) is -3.55. The maximum atomic E-state index is 14.0. The molecule has 0 radical (unpaired) electrons. The maximum Gasteiger partial charge on any atom is 0.249 e. The summed E-state index contributed by atoms with van der Waals surface area (Å²) in [6, 6.07) is 2.85. The zero-order valence-electron chi connectivity index (χ0n) is 17.5. The standard InChI is InChI=1S/C21H25F2N3O5S/c22-16-6-3-7-17(23)19(16)32(30,31)25-12-10-24(11-13-25)18(27)8-9-26-20(28)14-4-1-2-5-15(14)21(26)29/h3,6-7,14-15H,1-2,4-5,8-13H2/t14-,15-/m1/s1. The van der Waals surface area contributed by atoms with Crippen LogP contribution in [0.25, 0.3) is 0 Å². The number of carbonyl (C=O) groups is 3. The van der Waals surface area contributed by atoms with Gasteiger partial charge in [0, 0.05) is 39.1 Å². The lowest BCUT2D eigenvalue weighted by atomic mass is 9.81. The average molecular weight is 470 g/mol. The Bertz CT molecular complexity index is 996. The Labute approximate surface area is 185 Å². The molecule has 11 heteroatoms. The molecule has 0 unspecified atom stereocenters. The molecule has 32 heavy (non-hydrogen) atoms. The highest BCUT2D eigenvalue weighted by atomic mass is 32.2. The van der Waals surface area contributed by atoms with E-state index in [2.05, 4.69) is 0 Å². The number of nitrogens with zero attached hydrogens (tertiary/aromatic N) is 3. The van der Waals surface area contributed by atoms with Crippen molar-refractivity contribution in [2.45, 2.75) is 37.0 Å². The van der Waals surface area contributed by atoms with Gasteiger partial charge in [-0.15, -0.1) is 0 Å². The van der Waals surface area contributed by atoms with E-state index in [1.807, 2.05) is 0 Å². The fourth-order valence-corrected chi connectivity index (χ4v) is 6.38. The van der Waals surface area contributed by atoms with Gasteiger partial charge < -0.3 is 4.90 Å². The summed E-state index contributed by atoms with van der Waals surface area (Å²) in [6.45, 7) is -0.0772. The van der Waals surface area contributed by atoms with Crippen LogP contribution in [0.1, 0.15) is 32.1 Å². The molecule has 0 spiro atoms. The lowest BCUT2D eigenvalue weighted by Gasteiger charge is -2.34. The second-order valence-electron chi connectivity index (χ2n) is 8.41. The van der Waals surface area contributed by atoms with Gasteiger partial charge in [-0.1, -0.05) is 18.9 Å². The number of fused-ring (bicyclic) bond motifs is 1. The molecule has 1 aromatic carbocycles. The van der Waals surface area contributed by atoms with Crippen molar-refractivity contribution in [1.82, 2.24) is 14.1 Å². The summed E-state index contributed by atoms with van der Waals surface area (Å²) >= 11 is 0. The summed E-state index contributed by atoms with van der Waals surface area (Å²) < 4.78 is 54.2. The molecule has 0 N–H and O–H groups in total. The largest absolute Gasteiger partial charge is 0.340 e. The maximum absolute atomic E-state index is 14.0. The van der Waals surface area contributed by atoms with Crippen LogP contribution in [-0.4, -0.2) is 73.0 Å². The van der Waals surface area contributed by atoms with E-state index in [0.29, 0.717) is 12.8 Å². The predicted molar refractivity (Wildman–Crippen MR) is 108 cm³/mol. The zero-order chi connectivity index (χ0) is 23.0. The molecule has 2 aliphatic heterocycles. The van der Waals surface area contributed by atoms with E-state index in [9.17, 15) is 31.6 Å². The summed E-state index contributed by atoms with van der Waals surface area (Å²) in [5, 5.41) is 0. The van der Waals surface area contributed by atoms with Gasteiger partial charge in [0.1, 0.15) is 11.6 Å².